The Balaban J connectivity index is 1.28. The van der Waals surface area contributed by atoms with Crippen LogP contribution in [0.1, 0.15) is 42.5 Å². The van der Waals surface area contributed by atoms with Gasteiger partial charge in [0.15, 0.2) is 5.13 Å². The van der Waals surface area contributed by atoms with Gasteiger partial charge in [-0.1, -0.05) is 54.9 Å². The quantitative estimate of drug-likeness (QED) is 0.293. The van der Waals surface area contributed by atoms with Gasteiger partial charge in [-0.2, -0.15) is 0 Å². The van der Waals surface area contributed by atoms with Crippen LogP contribution >= 0.6 is 11.3 Å². The second-order valence-electron chi connectivity index (χ2n) is 9.03. The van der Waals surface area contributed by atoms with Crippen molar-refractivity contribution < 1.29 is 19.1 Å². The van der Waals surface area contributed by atoms with Crippen molar-refractivity contribution in [2.24, 2.45) is 0 Å². The van der Waals surface area contributed by atoms with E-state index < -0.39 is 5.97 Å². The van der Waals surface area contributed by atoms with E-state index in [1.807, 2.05) is 36.4 Å². The van der Waals surface area contributed by atoms with Crippen molar-refractivity contribution >= 4 is 44.2 Å². The number of carbonyl (C=O) groups excluding carboxylic acids is 1. The number of rotatable bonds is 7. The van der Waals surface area contributed by atoms with Gasteiger partial charge in [-0.05, 0) is 66.4 Å². The van der Waals surface area contributed by atoms with Crippen LogP contribution in [0.2, 0.25) is 0 Å². The minimum Gasteiger partial charge on any atom is -0.480 e. The second-order valence-corrected chi connectivity index (χ2v) is 10.1. The van der Waals surface area contributed by atoms with E-state index in [9.17, 15) is 19.1 Å². The summed E-state index contributed by atoms with van der Waals surface area (Å²) in [4.78, 5) is 30.6. The Kier molecular flexibility index (Phi) is 6.95. The van der Waals surface area contributed by atoms with Crippen LogP contribution in [-0.2, 0) is 4.79 Å². The van der Waals surface area contributed by atoms with E-state index in [1.165, 1.54) is 28.4 Å². The number of benzene rings is 3. The highest BCUT2D eigenvalue weighted by atomic mass is 32.1. The molecule has 1 fully saturated rings. The highest BCUT2D eigenvalue weighted by Crippen LogP contribution is 2.30. The molecule has 184 valence electrons. The van der Waals surface area contributed by atoms with Crippen molar-refractivity contribution in [1.82, 2.24) is 9.88 Å². The summed E-state index contributed by atoms with van der Waals surface area (Å²) in [7, 11) is 0. The molecule has 1 amide bonds. The number of nitrogens with zero attached hydrogens (tertiary/aromatic N) is 2. The molecule has 0 radical (unpaired) electrons. The molecule has 0 bridgehead atoms. The summed E-state index contributed by atoms with van der Waals surface area (Å²) in [6.07, 6.45) is 4.89. The lowest BCUT2D eigenvalue weighted by Crippen LogP contribution is -2.44. The van der Waals surface area contributed by atoms with E-state index in [1.54, 1.807) is 18.2 Å². The maximum atomic E-state index is 13.4. The molecule has 0 aliphatic heterocycles. The Labute approximate surface area is 212 Å². The number of aromatic nitrogens is 1. The van der Waals surface area contributed by atoms with E-state index in [4.69, 9.17) is 0 Å². The summed E-state index contributed by atoms with van der Waals surface area (Å²) in [6, 6.07) is 19.7. The van der Waals surface area contributed by atoms with E-state index in [0.29, 0.717) is 10.7 Å². The third kappa shape index (κ3) is 5.39. The first-order valence-electron chi connectivity index (χ1n) is 12.0. The average molecular weight is 504 g/mol. The molecule has 36 heavy (non-hydrogen) atoms. The maximum Gasteiger partial charge on any atom is 0.323 e. The van der Waals surface area contributed by atoms with Gasteiger partial charge >= 0.3 is 5.97 Å². The standard InChI is InChI=1S/C28H26FN3O3S/c29-21-12-15-24-25(16-21)36-28(31-24)30-22-13-10-19(11-14-22)18-6-8-20(9-7-18)27(35)32(17-26(33)34)23-4-2-1-3-5-23/h6-16,23H,1-5,17H2,(H,30,31)(H,33,34). The molecule has 5 rings (SSSR count). The molecule has 0 spiro atoms. The van der Waals surface area contributed by atoms with E-state index >= 15 is 0 Å². The number of nitrogens with one attached hydrogen (secondary N) is 1. The molecular weight excluding hydrogens is 477 g/mol. The summed E-state index contributed by atoms with van der Waals surface area (Å²) >= 11 is 1.39. The minimum absolute atomic E-state index is 0.0171. The zero-order valence-corrected chi connectivity index (χ0v) is 20.4. The van der Waals surface area contributed by atoms with E-state index in [0.717, 1.165) is 59.1 Å². The molecule has 0 saturated heterocycles. The smallest absolute Gasteiger partial charge is 0.323 e. The summed E-state index contributed by atoms with van der Waals surface area (Å²) in [5, 5.41) is 13.3. The number of hydrogen-bond donors (Lipinski definition) is 2. The number of hydrogen-bond acceptors (Lipinski definition) is 5. The Bertz CT molecular complexity index is 1380. The maximum absolute atomic E-state index is 13.4. The predicted octanol–water partition coefficient (Wildman–Crippen LogP) is 6.71. The summed E-state index contributed by atoms with van der Waals surface area (Å²) in [6.45, 7) is -0.274. The minimum atomic E-state index is -0.989. The van der Waals surface area contributed by atoms with E-state index in [2.05, 4.69) is 10.3 Å². The lowest BCUT2D eigenvalue weighted by Gasteiger charge is -2.33. The van der Waals surface area contributed by atoms with Crippen LogP contribution in [0.25, 0.3) is 21.3 Å². The van der Waals surface area contributed by atoms with Gasteiger partial charge in [0.2, 0.25) is 0 Å². The van der Waals surface area contributed by atoms with Gasteiger partial charge in [0.1, 0.15) is 12.4 Å². The first kappa shape index (κ1) is 23.9. The SMILES string of the molecule is O=C(O)CN(C(=O)c1ccc(-c2ccc(Nc3nc4ccc(F)cc4s3)cc2)cc1)C1CCCCC1. The lowest BCUT2D eigenvalue weighted by atomic mass is 9.93. The first-order chi connectivity index (χ1) is 17.5. The normalized spacial score (nSPS) is 14.0. The molecule has 1 aromatic heterocycles. The highest BCUT2D eigenvalue weighted by molar-refractivity contribution is 7.22. The summed E-state index contributed by atoms with van der Waals surface area (Å²) in [5.41, 5.74) is 4.05. The fourth-order valence-corrected chi connectivity index (χ4v) is 5.61. The van der Waals surface area contributed by atoms with Crippen LogP contribution in [0.4, 0.5) is 15.2 Å². The highest BCUT2D eigenvalue weighted by Gasteiger charge is 2.28. The average Bonchev–Trinajstić information content (AvgIpc) is 3.29. The van der Waals surface area contributed by atoms with Gasteiger partial charge in [0.25, 0.3) is 5.91 Å². The second kappa shape index (κ2) is 10.5. The molecule has 0 unspecified atom stereocenters. The van der Waals surface area contributed by atoms with Crippen molar-refractivity contribution in [3.8, 4) is 11.1 Å². The zero-order chi connectivity index (χ0) is 25.1. The molecule has 1 heterocycles. The van der Waals surface area contributed by atoms with Gasteiger partial charge in [-0.15, -0.1) is 0 Å². The number of fused-ring (bicyclic) bond motifs is 1. The van der Waals surface area contributed by atoms with Crippen LogP contribution in [-0.4, -0.2) is 39.5 Å². The molecule has 2 N–H and O–H groups in total. The summed E-state index contributed by atoms with van der Waals surface area (Å²) < 4.78 is 14.2. The number of carboxylic acids is 1. The molecule has 4 aromatic rings. The fraction of sp³-hybridized carbons (Fsp3) is 0.250. The van der Waals surface area contributed by atoms with Gasteiger partial charge in [-0.25, -0.2) is 9.37 Å². The van der Waals surface area contributed by atoms with Crippen molar-refractivity contribution in [2.75, 3.05) is 11.9 Å². The Morgan fingerprint density at radius 1 is 0.972 bits per heavy atom. The van der Waals surface area contributed by atoms with Gasteiger partial charge < -0.3 is 15.3 Å². The number of carboxylic acid groups (broad SMARTS) is 1. The van der Waals surface area contributed by atoms with Crippen LogP contribution in [0.5, 0.6) is 0 Å². The van der Waals surface area contributed by atoms with Crippen molar-refractivity contribution in [1.29, 1.82) is 0 Å². The number of carbonyl (C=O) groups is 2. The largest absolute Gasteiger partial charge is 0.480 e. The van der Waals surface area contributed by atoms with Gasteiger partial charge in [0.05, 0.1) is 10.2 Å². The van der Waals surface area contributed by atoms with Crippen LogP contribution in [0, 0.1) is 5.82 Å². The Morgan fingerprint density at radius 3 is 2.31 bits per heavy atom. The third-order valence-corrected chi connectivity index (χ3v) is 7.47. The molecule has 0 atom stereocenters. The van der Waals surface area contributed by atoms with Crippen molar-refractivity contribution in [2.45, 2.75) is 38.1 Å². The molecular formula is C28H26FN3O3S. The van der Waals surface area contributed by atoms with Crippen LogP contribution in [0.15, 0.2) is 66.7 Å². The zero-order valence-electron chi connectivity index (χ0n) is 19.6. The van der Waals surface area contributed by atoms with Gasteiger partial charge in [-0.3, -0.25) is 9.59 Å². The molecule has 1 aliphatic carbocycles. The van der Waals surface area contributed by atoms with Gasteiger partial charge in [0, 0.05) is 17.3 Å². The van der Waals surface area contributed by atoms with Crippen LogP contribution < -0.4 is 5.32 Å². The first-order valence-corrected chi connectivity index (χ1v) is 12.8. The molecule has 8 heteroatoms. The monoisotopic (exact) mass is 503 g/mol. The van der Waals surface area contributed by atoms with Crippen molar-refractivity contribution in [3.05, 3.63) is 78.1 Å². The molecule has 3 aromatic carbocycles. The molecule has 1 saturated carbocycles. The topological polar surface area (TPSA) is 82.5 Å². The number of halogens is 1. The Hall–Kier alpha value is -3.78. The Morgan fingerprint density at radius 2 is 1.64 bits per heavy atom. The molecule has 6 nitrogen and oxygen atoms in total. The van der Waals surface area contributed by atoms with E-state index in [-0.39, 0.29) is 24.3 Å². The lowest BCUT2D eigenvalue weighted by molar-refractivity contribution is -0.138. The fourth-order valence-electron chi connectivity index (χ4n) is 4.70. The van der Waals surface area contributed by atoms with Crippen LogP contribution in [0.3, 0.4) is 0 Å². The predicted molar refractivity (Wildman–Crippen MR) is 140 cm³/mol. The number of anilines is 2. The number of amides is 1. The number of thiazole rings is 1. The van der Waals surface area contributed by atoms with Crippen molar-refractivity contribution in [3.63, 3.8) is 0 Å². The number of aliphatic carboxylic acids is 1. The summed E-state index contributed by atoms with van der Waals surface area (Å²) in [5.74, 6) is -1.50. The molecule has 1 aliphatic rings. The third-order valence-electron chi connectivity index (χ3n) is 6.53.